The molecule has 0 saturated heterocycles. The van der Waals surface area contributed by atoms with E-state index in [1.807, 2.05) is 19.1 Å². The summed E-state index contributed by atoms with van der Waals surface area (Å²) in [7, 11) is 4.57. The average Bonchev–Trinajstić information content (AvgIpc) is 3.18. The Hall–Kier alpha value is -3.07. The van der Waals surface area contributed by atoms with E-state index < -0.39 is 11.2 Å². The minimum Gasteiger partial charge on any atom is -0.493 e. The lowest BCUT2D eigenvalue weighted by Crippen LogP contribution is -2.40. The van der Waals surface area contributed by atoms with Crippen molar-refractivity contribution in [1.29, 1.82) is 0 Å². The van der Waals surface area contributed by atoms with Gasteiger partial charge in [0.25, 0.3) is 5.56 Å². The van der Waals surface area contributed by atoms with Gasteiger partial charge in [-0.25, -0.2) is 9.78 Å². The predicted molar refractivity (Wildman–Crippen MR) is 110 cm³/mol. The molecule has 3 aromatic rings. The minimum absolute atomic E-state index is 0.129. The van der Waals surface area contributed by atoms with Gasteiger partial charge in [0.1, 0.15) is 16.4 Å². The van der Waals surface area contributed by atoms with Crippen LogP contribution in [0.3, 0.4) is 0 Å². The van der Waals surface area contributed by atoms with Crippen LogP contribution in [0.15, 0.2) is 33.2 Å². The van der Waals surface area contributed by atoms with Gasteiger partial charge in [-0.05, 0) is 18.6 Å². The van der Waals surface area contributed by atoms with Crippen LogP contribution in [0, 0.1) is 0 Å². The molecule has 2 aromatic heterocycles. The summed E-state index contributed by atoms with van der Waals surface area (Å²) in [5.41, 5.74) is 6.68. The zero-order valence-corrected chi connectivity index (χ0v) is 17.0. The standard InChI is InChI=1S/C19H22N4O4S/c1-5-9-23-16(20)14(18(24)22(2)19(23)25)12-10-28-17(21-12)11-7-6-8-13(26-3)15(11)27-4/h6-8,10H,5,9,20H2,1-4H3. The van der Waals surface area contributed by atoms with Crippen molar-refractivity contribution < 1.29 is 9.47 Å². The van der Waals surface area contributed by atoms with Crippen molar-refractivity contribution in [3.8, 4) is 33.3 Å². The van der Waals surface area contributed by atoms with Gasteiger partial charge in [-0.1, -0.05) is 13.0 Å². The lowest BCUT2D eigenvalue weighted by Gasteiger charge is -2.13. The van der Waals surface area contributed by atoms with E-state index in [0.29, 0.717) is 35.2 Å². The molecule has 28 heavy (non-hydrogen) atoms. The number of aromatic nitrogens is 3. The van der Waals surface area contributed by atoms with Gasteiger partial charge in [-0.2, -0.15) is 0 Å². The van der Waals surface area contributed by atoms with Gasteiger partial charge >= 0.3 is 5.69 Å². The molecular weight excluding hydrogens is 380 g/mol. The molecule has 0 spiro atoms. The van der Waals surface area contributed by atoms with Crippen molar-refractivity contribution in [2.24, 2.45) is 7.05 Å². The molecule has 0 aliphatic heterocycles. The van der Waals surface area contributed by atoms with E-state index in [2.05, 4.69) is 4.98 Å². The smallest absolute Gasteiger partial charge is 0.332 e. The number of methoxy groups -OCH3 is 2. The Kier molecular flexibility index (Phi) is 5.55. The van der Waals surface area contributed by atoms with E-state index in [-0.39, 0.29) is 11.4 Å². The minimum atomic E-state index is -0.468. The highest BCUT2D eigenvalue weighted by atomic mass is 32.1. The van der Waals surface area contributed by atoms with Crippen molar-refractivity contribution in [3.05, 3.63) is 44.4 Å². The van der Waals surface area contributed by atoms with E-state index in [9.17, 15) is 9.59 Å². The fourth-order valence-electron chi connectivity index (χ4n) is 3.03. The van der Waals surface area contributed by atoms with Crippen LogP contribution >= 0.6 is 11.3 Å². The summed E-state index contributed by atoms with van der Waals surface area (Å²) in [4.78, 5) is 29.7. The maximum Gasteiger partial charge on any atom is 0.332 e. The molecule has 0 saturated carbocycles. The van der Waals surface area contributed by atoms with Crippen LogP contribution in [0.2, 0.25) is 0 Å². The number of anilines is 1. The van der Waals surface area contributed by atoms with Gasteiger partial charge in [0.15, 0.2) is 11.5 Å². The Bertz CT molecular complexity index is 1130. The Morgan fingerprint density at radius 2 is 1.96 bits per heavy atom. The van der Waals surface area contributed by atoms with Gasteiger partial charge in [-0.3, -0.25) is 13.9 Å². The van der Waals surface area contributed by atoms with E-state index in [0.717, 1.165) is 10.1 Å². The fourth-order valence-corrected chi connectivity index (χ4v) is 3.86. The highest BCUT2D eigenvalue weighted by molar-refractivity contribution is 7.13. The first-order valence-corrected chi connectivity index (χ1v) is 9.59. The molecule has 0 aliphatic carbocycles. The Labute approximate surface area is 165 Å². The summed E-state index contributed by atoms with van der Waals surface area (Å²) in [6, 6.07) is 5.50. The van der Waals surface area contributed by atoms with Gasteiger partial charge in [-0.15, -0.1) is 11.3 Å². The number of benzene rings is 1. The molecule has 2 heterocycles. The van der Waals surface area contributed by atoms with Crippen LogP contribution in [-0.4, -0.2) is 28.3 Å². The molecule has 0 unspecified atom stereocenters. The zero-order chi connectivity index (χ0) is 20.4. The Morgan fingerprint density at radius 1 is 1.21 bits per heavy atom. The highest BCUT2D eigenvalue weighted by Gasteiger charge is 2.21. The summed E-state index contributed by atoms with van der Waals surface area (Å²) < 4.78 is 13.3. The molecule has 0 fully saturated rings. The second kappa shape index (κ2) is 7.89. The third-order valence-corrected chi connectivity index (χ3v) is 5.30. The molecule has 0 radical (unpaired) electrons. The summed E-state index contributed by atoms with van der Waals surface area (Å²) >= 11 is 1.36. The maximum absolute atomic E-state index is 12.7. The molecular formula is C19H22N4O4S. The number of ether oxygens (including phenoxy) is 2. The third-order valence-electron chi connectivity index (χ3n) is 4.42. The molecule has 8 nitrogen and oxygen atoms in total. The average molecular weight is 402 g/mol. The van der Waals surface area contributed by atoms with Crippen LogP contribution in [0.1, 0.15) is 13.3 Å². The number of nitrogen functional groups attached to an aromatic ring is 1. The number of thiazole rings is 1. The number of nitrogens with zero attached hydrogens (tertiary/aromatic N) is 3. The summed E-state index contributed by atoms with van der Waals surface area (Å²) in [6.07, 6.45) is 0.713. The first-order chi connectivity index (χ1) is 13.4. The number of hydrogen-bond donors (Lipinski definition) is 1. The summed E-state index contributed by atoms with van der Waals surface area (Å²) in [5.74, 6) is 1.27. The quantitative estimate of drug-likeness (QED) is 0.679. The number of para-hydroxylation sites is 1. The van der Waals surface area contributed by atoms with Gasteiger partial charge in [0.05, 0.1) is 25.5 Å². The second-order valence-electron chi connectivity index (χ2n) is 6.14. The molecule has 9 heteroatoms. The fraction of sp³-hybridized carbons (Fsp3) is 0.316. The zero-order valence-electron chi connectivity index (χ0n) is 16.2. The first kappa shape index (κ1) is 19.7. The maximum atomic E-state index is 12.7. The SMILES string of the molecule is CCCn1c(N)c(-c2csc(-c3cccc(OC)c3OC)n2)c(=O)n(C)c1=O. The van der Waals surface area contributed by atoms with E-state index >= 15 is 0 Å². The van der Waals surface area contributed by atoms with Crippen molar-refractivity contribution in [2.75, 3.05) is 20.0 Å². The van der Waals surface area contributed by atoms with Crippen LogP contribution in [0.4, 0.5) is 5.82 Å². The van der Waals surface area contributed by atoms with Gasteiger partial charge in [0.2, 0.25) is 0 Å². The lowest BCUT2D eigenvalue weighted by molar-refractivity contribution is 0.356. The van der Waals surface area contributed by atoms with Gasteiger partial charge < -0.3 is 15.2 Å². The van der Waals surface area contributed by atoms with E-state index in [1.54, 1.807) is 25.7 Å². The predicted octanol–water partition coefficient (Wildman–Crippen LogP) is 2.35. The molecule has 0 bridgehead atoms. The molecule has 3 rings (SSSR count). The van der Waals surface area contributed by atoms with Crippen LogP contribution in [-0.2, 0) is 13.6 Å². The van der Waals surface area contributed by atoms with Crippen molar-refractivity contribution in [3.63, 3.8) is 0 Å². The summed E-state index contributed by atoms with van der Waals surface area (Å²) in [6.45, 7) is 2.36. The van der Waals surface area contributed by atoms with Crippen LogP contribution in [0.25, 0.3) is 21.8 Å². The molecule has 1 aromatic carbocycles. The molecule has 0 amide bonds. The van der Waals surface area contributed by atoms with Crippen molar-refractivity contribution in [1.82, 2.24) is 14.1 Å². The molecule has 2 N–H and O–H groups in total. The second-order valence-corrected chi connectivity index (χ2v) is 7.00. The third kappa shape index (κ3) is 3.18. The van der Waals surface area contributed by atoms with E-state index in [1.165, 1.54) is 23.0 Å². The first-order valence-electron chi connectivity index (χ1n) is 8.71. The van der Waals surface area contributed by atoms with Crippen LogP contribution < -0.4 is 26.5 Å². The summed E-state index contributed by atoms with van der Waals surface area (Å²) in [5, 5.41) is 2.41. The van der Waals surface area contributed by atoms with Crippen LogP contribution in [0.5, 0.6) is 11.5 Å². The number of rotatable bonds is 6. The number of hydrogen-bond acceptors (Lipinski definition) is 7. The van der Waals surface area contributed by atoms with Gasteiger partial charge in [0, 0.05) is 19.0 Å². The lowest BCUT2D eigenvalue weighted by atomic mass is 10.2. The van der Waals surface area contributed by atoms with E-state index in [4.69, 9.17) is 15.2 Å². The molecule has 0 atom stereocenters. The Morgan fingerprint density at radius 3 is 2.61 bits per heavy atom. The van der Waals surface area contributed by atoms with Crippen molar-refractivity contribution >= 4 is 17.2 Å². The number of nitrogens with two attached hydrogens (primary N) is 1. The highest BCUT2D eigenvalue weighted by Crippen LogP contribution is 2.40. The molecule has 0 aliphatic rings. The largest absolute Gasteiger partial charge is 0.493 e. The Balaban J connectivity index is 2.19. The monoisotopic (exact) mass is 402 g/mol. The van der Waals surface area contributed by atoms with Crippen molar-refractivity contribution in [2.45, 2.75) is 19.9 Å². The normalized spacial score (nSPS) is 10.9. The molecule has 148 valence electrons. The topological polar surface area (TPSA) is 101 Å².